The minimum Gasteiger partial charge on any atom is -0.344 e. The molecule has 1 saturated carbocycles. The third-order valence-corrected chi connectivity index (χ3v) is 4.12. The van der Waals surface area contributed by atoms with Crippen molar-refractivity contribution in [3.8, 4) is 11.4 Å². The molecule has 0 bridgehead atoms. The Kier molecular flexibility index (Phi) is 4.29. The van der Waals surface area contributed by atoms with Crippen molar-refractivity contribution >= 4 is 5.91 Å². The van der Waals surface area contributed by atoms with Crippen LogP contribution in [0.2, 0.25) is 0 Å². The van der Waals surface area contributed by atoms with Crippen LogP contribution in [0.5, 0.6) is 0 Å². The number of carbonyl (C=O) groups excluding carboxylic acids is 1. The van der Waals surface area contributed by atoms with Crippen molar-refractivity contribution in [2.24, 2.45) is 5.92 Å². The van der Waals surface area contributed by atoms with Crippen LogP contribution < -0.4 is 5.32 Å². The monoisotopic (exact) mass is 339 g/mol. The van der Waals surface area contributed by atoms with Crippen LogP contribution in [-0.2, 0) is 11.0 Å². The number of rotatable bonds is 4. The first-order valence-electron chi connectivity index (χ1n) is 7.66. The molecule has 1 aromatic heterocycles. The zero-order valence-corrected chi connectivity index (χ0v) is 12.9. The number of halogens is 3. The van der Waals surface area contributed by atoms with E-state index in [1.165, 1.54) is 12.1 Å². The van der Waals surface area contributed by atoms with Crippen molar-refractivity contribution in [2.75, 3.05) is 0 Å². The number of hydrogen-bond acceptors (Lipinski definition) is 4. The molecule has 2 aromatic rings. The lowest BCUT2D eigenvalue weighted by atomic mass is 9.84. The highest BCUT2D eigenvalue weighted by atomic mass is 19.4. The van der Waals surface area contributed by atoms with Crippen LogP contribution in [0.1, 0.15) is 43.7 Å². The summed E-state index contributed by atoms with van der Waals surface area (Å²) in [4.78, 5) is 16.1. The van der Waals surface area contributed by atoms with Gasteiger partial charge in [0.25, 0.3) is 0 Å². The van der Waals surface area contributed by atoms with Gasteiger partial charge in [-0.25, -0.2) is 0 Å². The second-order valence-electron chi connectivity index (χ2n) is 5.89. The maximum absolute atomic E-state index is 12.6. The molecule has 1 aliphatic carbocycles. The highest BCUT2D eigenvalue weighted by Gasteiger charge is 2.30. The van der Waals surface area contributed by atoms with Gasteiger partial charge in [-0.3, -0.25) is 4.79 Å². The molecule has 5 nitrogen and oxygen atoms in total. The molecule has 3 rings (SSSR count). The summed E-state index contributed by atoms with van der Waals surface area (Å²) in [6.07, 6.45) is -1.55. The molecule has 0 spiro atoms. The Morgan fingerprint density at radius 3 is 2.50 bits per heavy atom. The molecule has 0 unspecified atom stereocenters. The van der Waals surface area contributed by atoms with Gasteiger partial charge in [0.15, 0.2) is 0 Å². The summed E-state index contributed by atoms with van der Waals surface area (Å²) in [5.74, 6) is 0.411. The smallest absolute Gasteiger partial charge is 0.344 e. The lowest BCUT2D eigenvalue weighted by molar-refractivity contribution is -0.137. The van der Waals surface area contributed by atoms with Gasteiger partial charge in [0.1, 0.15) is 6.04 Å². The van der Waals surface area contributed by atoms with Crippen LogP contribution in [-0.4, -0.2) is 16.0 Å². The van der Waals surface area contributed by atoms with E-state index in [0.29, 0.717) is 5.56 Å². The van der Waals surface area contributed by atoms with Gasteiger partial charge in [0.05, 0.1) is 5.56 Å². The lowest BCUT2D eigenvalue weighted by Gasteiger charge is -2.25. The van der Waals surface area contributed by atoms with Crippen LogP contribution in [0, 0.1) is 5.92 Å². The van der Waals surface area contributed by atoms with Crippen molar-refractivity contribution in [3.05, 3.63) is 35.7 Å². The summed E-state index contributed by atoms with van der Waals surface area (Å²) in [6.45, 7) is 1.72. The molecule has 8 heteroatoms. The SMILES string of the molecule is C[C@H](NC(=O)C1CCC1)c1nc(-c2ccc(C(F)(F)F)cc2)no1. The average Bonchev–Trinajstić information content (AvgIpc) is 2.94. The highest BCUT2D eigenvalue weighted by molar-refractivity contribution is 5.79. The maximum atomic E-state index is 12.6. The minimum absolute atomic E-state index is 0.0389. The van der Waals surface area contributed by atoms with Crippen molar-refractivity contribution < 1.29 is 22.5 Å². The molecule has 1 amide bonds. The van der Waals surface area contributed by atoms with Gasteiger partial charge >= 0.3 is 6.18 Å². The molecule has 1 fully saturated rings. The minimum atomic E-state index is -4.39. The van der Waals surface area contributed by atoms with Crippen LogP contribution >= 0.6 is 0 Å². The summed E-state index contributed by atoms with van der Waals surface area (Å²) in [7, 11) is 0. The average molecular weight is 339 g/mol. The van der Waals surface area contributed by atoms with Crippen LogP contribution in [0.25, 0.3) is 11.4 Å². The zero-order valence-electron chi connectivity index (χ0n) is 12.9. The Bertz CT molecular complexity index is 721. The predicted molar refractivity (Wildman–Crippen MR) is 78.6 cm³/mol. The van der Waals surface area contributed by atoms with E-state index in [1.54, 1.807) is 6.92 Å². The molecule has 0 radical (unpaired) electrons. The van der Waals surface area contributed by atoms with Gasteiger partial charge in [-0.2, -0.15) is 18.2 Å². The fourth-order valence-corrected chi connectivity index (χ4v) is 2.40. The number of alkyl halides is 3. The standard InChI is InChI=1S/C16H16F3N3O2/c1-9(20-14(23)11-3-2-4-11)15-21-13(22-24-15)10-5-7-12(8-6-10)16(17,18)19/h5-9,11H,2-4H2,1H3,(H,20,23)/t9-/m0/s1. The third kappa shape index (κ3) is 3.42. The van der Waals surface area contributed by atoms with E-state index in [0.717, 1.165) is 31.4 Å². The third-order valence-electron chi connectivity index (χ3n) is 4.12. The molecule has 0 saturated heterocycles. The van der Waals surface area contributed by atoms with Crippen molar-refractivity contribution in [3.63, 3.8) is 0 Å². The molecular formula is C16H16F3N3O2. The maximum Gasteiger partial charge on any atom is 0.416 e. The summed E-state index contributed by atoms with van der Waals surface area (Å²) >= 11 is 0. The van der Waals surface area contributed by atoms with E-state index in [-0.39, 0.29) is 23.5 Å². The van der Waals surface area contributed by atoms with Gasteiger partial charge in [0.2, 0.25) is 17.6 Å². The number of aromatic nitrogens is 2. The Balaban J connectivity index is 1.69. The molecule has 1 heterocycles. The number of nitrogens with one attached hydrogen (secondary N) is 1. The van der Waals surface area contributed by atoms with Crippen molar-refractivity contribution in [1.29, 1.82) is 0 Å². The Morgan fingerprint density at radius 2 is 1.96 bits per heavy atom. The van der Waals surface area contributed by atoms with E-state index < -0.39 is 17.8 Å². The Labute approximate surface area is 136 Å². The second-order valence-corrected chi connectivity index (χ2v) is 5.89. The summed E-state index contributed by atoms with van der Waals surface area (Å²) in [6, 6.07) is 4.05. The first-order chi connectivity index (χ1) is 11.3. The fraction of sp³-hybridized carbons (Fsp3) is 0.438. The van der Waals surface area contributed by atoms with E-state index in [9.17, 15) is 18.0 Å². The predicted octanol–water partition coefficient (Wildman–Crippen LogP) is 3.73. The molecule has 1 N–H and O–H groups in total. The van der Waals surface area contributed by atoms with E-state index in [4.69, 9.17) is 4.52 Å². The normalized spacial score (nSPS) is 16.5. The number of nitrogens with zero attached hydrogens (tertiary/aromatic N) is 2. The van der Waals surface area contributed by atoms with Gasteiger partial charge in [-0.15, -0.1) is 0 Å². The number of benzene rings is 1. The lowest BCUT2D eigenvalue weighted by Crippen LogP contribution is -2.36. The largest absolute Gasteiger partial charge is 0.416 e. The summed E-state index contributed by atoms with van der Waals surface area (Å²) in [5, 5.41) is 6.57. The van der Waals surface area contributed by atoms with Crippen molar-refractivity contribution in [1.82, 2.24) is 15.5 Å². The van der Waals surface area contributed by atoms with E-state index in [2.05, 4.69) is 15.5 Å². The summed E-state index contributed by atoms with van der Waals surface area (Å²) in [5.41, 5.74) is -0.327. The first-order valence-corrected chi connectivity index (χ1v) is 7.66. The second kappa shape index (κ2) is 6.26. The van der Waals surface area contributed by atoms with Gasteiger partial charge in [-0.05, 0) is 31.9 Å². The number of carbonyl (C=O) groups is 1. The van der Waals surface area contributed by atoms with E-state index >= 15 is 0 Å². The van der Waals surface area contributed by atoms with Gasteiger partial charge in [-0.1, -0.05) is 23.7 Å². The molecule has 128 valence electrons. The number of amides is 1. The topological polar surface area (TPSA) is 68.0 Å². The molecule has 1 atom stereocenters. The number of hydrogen-bond donors (Lipinski definition) is 1. The van der Waals surface area contributed by atoms with Gasteiger partial charge in [0, 0.05) is 11.5 Å². The van der Waals surface area contributed by atoms with E-state index in [1.807, 2.05) is 0 Å². The molecule has 24 heavy (non-hydrogen) atoms. The molecule has 0 aliphatic heterocycles. The quantitative estimate of drug-likeness (QED) is 0.921. The fourth-order valence-electron chi connectivity index (χ4n) is 2.40. The Hall–Kier alpha value is -2.38. The van der Waals surface area contributed by atoms with Gasteiger partial charge < -0.3 is 9.84 Å². The molecular weight excluding hydrogens is 323 g/mol. The van der Waals surface area contributed by atoms with Crippen LogP contribution in [0.3, 0.4) is 0 Å². The van der Waals surface area contributed by atoms with Crippen LogP contribution in [0.15, 0.2) is 28.8 Å². The molecule has 1 aliphatic rings. The zero-order chi connectivity index (χ0) is 17.3. The highest BCUT2D eigenvalue weighted by Crippen LogP contribution is 2.31. The van der Waals surface area contributed by atoms with Crippen molar-refractivity contribution in [2.45, 2.75) is 38.4 Å². The summed E-state index contributed by atoms with van der Waals surface area (Å²) < 4.78 is 42.8. The Morgan fingerprint density at radius 1 is 1.29 bits per heavy atom. The van der Waals surface area contributed by atoms with Crippen LogP contribution in [0.4, 0.5) is 13.2 Å². The molecule has 1 aromatic carbocycles. The first kappa shape index (κ1) is 16.5.